The number of hydrogen-bond acceptors (Lipinski definition) is 14. The minimum atomic E-state index is -1.88. The SMILES string of the molecule is C[C@H](NC(=O)[C@H](Cc1c[nH]c2ccccc12)NC(=O)[C@H](CO)NC(=O)[C@@H](NC(=O)[C@H](CCC(=O)O)NC(=O)[C@@H](N)CO)[C@@H](C)O)C(=O)N[C@@H](CC(=O)O)C(=O)N1CCC[C@H]1C(=O)O. The van der Waals surface area contributed by atoms with Gasteiger partial charge in [0.15, 0.2) is 0 Å². The van der Waals surface area contributed by atoms with Crippen LogP contribution in [0.15, 0.2) is 30.5 Å². The van der Waals surface area contributed by atoms with Gasteiger partial charge in [-0.1, -0.05) is 18.2 Å². The van der Waals surface area contributed by atoms with Gasteiger partial charge in [-0.2, -0.15) is 0 Å². The molecule has 346 valence electrons. The van der Waals surface area contributed by atoms with Gasteiger partial charge in [-0.25, -0.2) is 4.79 Å². The van der Waals surface area contributed by atoms with E-state index in [2.05, 4.69) is 36.9 Å². The lowest BCUT2D eigenvalue weighted by Gasteiger charge is -2.28. The van der Waals surface area contributed by atoms with Crippen LogP contribution in [0.25, 0.3) is 10.9 Å². The average molecular weight is 892 g/mol. The Bertz CT molecular complexity index is 2030. The molecule has 1 aromatic heterocycles. The van der Waals surface area contributed by atoms with Gasteiger partial charge >= 0.3 is 17.9 Å². The lowest BCUT2D eigenvalue weighted by atomic mass is 10.0. The fourth-order valence-electron chi connectivity index (χ4n) is 6.55. The predicted octanol–water partition coefficient (Wildman–Crippen LogP) is -5.25. The fraction of sp³-hybridized carbons (Fsp3) is 0.526. The van der Waals surface area contributed by atoms with Gasteiger partial charge in [0.2, 0.25) is 41.4 Å². The first-order chi connectivity index (χ1) is 29.7. The summed E-state index contributed by atoms with van der Waals surface area (Å²) in [5.74, 6) is -11.8. The molecular weight excluding hydrogens is 838 g/mol. The number of carbonyl (C=O) groups excluding carboxylic acids is 7. The van der Waals surface area contributed by atoms with Crippen molar-refractivity contribution in [2.75, 3.05) is 19.8 Å². The Kier molecular flexibility index (Phi) is 18.9. The topological polar surface area (TPSA) is 409 Å². The minimum absolute atomic E-state index is 0.00329. The van der Waals surface area contributed by atoms with E-state index in [1.165, 1.54) is 6.92 Å². The molecule has 25 nitrogen and oxygen atoms in total. The third-order valence-corrected chi connectivity index (χ3v) is 9.99. The quantitative estimate of drug-likeness (QED) is 0.0468. The number of aromatic nitrogens is 1. The van der Waals surface area contributed by atoms with Crippen LogP contribution >= 0.6 is 0 Å². The van der Waals surface area contributed by atoms with Crippen molar-refractivity contribution in [1.82, 2.24) is 41.8 Å². The Balaban J connectivity index is 1.82. The van der Waals surface area contributed by atoms with Crippen LogP contribution in [-0.2, 0) is 54.4 Å². The molecule has 0 saturated carbocycles. The Morgan fingerprint density at radius 1 is 0.746 bits per heavy atom. The van der Waals surface area contributed by atoms with Gasteiger partial charge in [-0.05, 0) is 44.7 Å². The minimum Gasteiger partial charge on any atom is -0.481 e. The van der Waals surface area contributed by atoms with Gasteiger partial charge in [0.25, 0.3) is 0 Å². The van der Waals surface area contributed by atoms with Crippen molar-refractivity contribution in [3.63, 3.8) is 0 Å². The van der Waals surface area contributed by atoms with Crippen LogP contribution in [0.3, 0.4) is 0 Å². The summed E-state index contributed by atoms with van der Waals surface area (Å²) in [6.45, 7) is 0.338. The fourth-order valence-corrected chi connectivity index (χ4v) is 6.55. The Morgan fingerprint density at radius 3 is 1.95 bits per heavy atom. The summed E-state index contributed by atoms with van der Waals surface area (Å²) in [7, 11) is 0. The molecule has 1 aromatic carbocycles. The van der Waals surface area contributed by atoms with E-state index in [4.69, 9.17) is 10.8 Å². The highest BCUT2D eigenvalue weighted by molar-refractivity contribution is 5.98. The smallest absolute Gasteiger partial charge is 0.326 e. The molecule has 0 unspecified atom stereocenters. The average Bonchev–Trinajstić information content (AvgIpc) is 3.89. The summed E-state index contributed by atoms with van der Waals surface area (Å²) >= 11 is 0. The number of H-pyrrole nitrogens is 1. The normalized spacial score (nSPS) is 17.4. The Hall–Kier alpha value is -6.70. The molecule has 1 fully saturated rings. The Morgan fingerprint density at radius 2 is 1.35 bits per heavy atom. The number of aromatic amines is 1. The van der Waals surface area contributed by atoms with E-state index in [1.807, 2.05) is 0 Å². The van der Waals surface area contributed by atoms with Crippen LogP contribution in [0.1, 0.15) is 51.5 Å². The largest absolute Gasteiger partial charge is 0.481 e. The van der Waals surface area contributed by atoms with Crippen molar-refractivity contribution >= 4 is 70.2 Å². The number of nitrogens with two attached hydrogens (primary N) is 1. The molecule has 0 aliphatic carbocycles. The number of rotatable bonds is 24. The second-order valence-electron chi connectivity index (χ2n) is 14.8. The third kappa shape index (κ3) is 14.4. The number of carboxylic acid groups (broad SMARTS) is 3. The Labute approximate surface area is 358 Å². The number of para-hydroxylation sites is 1. The maximum absolute atomic E-state index is 13.9. The summed E-state index contributed by atoms with van der Waals surface area (Å²) in [6, 6.07) is -5.97. The highest BCUT2D eigenvalue weighted by atomic mass is 16.4. The molecule has 25 heteroatoms. The van der Waals surface area contributed by atoms with Crippen LogP contribution < -0.4 is 37.6 Å². The van der Waals surface area contributed by atoms with Gasteiger partial charge < -0.3 is 78.2 Å². The van der Waals surface area contributed by atoms with Crippen LogP contribution in [0, 0.1) is 0 Å². The van der Waals surface area contributed by atoms with Crippen LogP contribution in [0.5, 0.6) is 0 Å². The maximum Gasteiger partial charge on any atom is 0.326 e. The number of carboxylic acids is 3. The van der Waals surface area contributed by atoms with Crippen molar-refractivity contribution in [2.24, 2.45) is 5.73 Å². The number of nitrogens with zero attached hydrogens (tertiary/aromatic N) is 1. The molecule has 3 rings (SSSR count). The van der Waals surface area contributed by atoms with Crippen molar-refractivity contribution in [1.29, 1.82) is 0 Å². The van der Waals surface area contributed by atoms with Crippen LogP contribution in [0.2, 0.25) is 0 Å². The highest BCUT2D eigenvalue weighted by Gasteiger charge is 2.39. The molecule has 2 heterocycles. The number of hydrogen-bond donors (Lipinski definition) is 14. The molecule has 0 spiro atoms. The van der Waals surface area contributed by atoms with Gasteiger partial charge in [-0.15, -0.1) is 0 Å². The zero-order chi connectivity index (χ0) is 47.1. The van der Waals surface area contributed by atoms with Gasteiger partial charge in [-0.3, -0.25) is 43.2 Å². The van der Waals surface area contributed by atoms with Gasteiger partial charge in [0, 0.05) is 36.5 Å². The molecule has 0 bridgehead atoms. The molecule has 0 radical (unpaired) electrons. The highest BCUT2D eigenvalue weighted by Crippen LogP contribution is 2.21. The number of carbonyl (C=O) groups is 10. The lowest BCUT2D eigenvalue weighted by molar-refractivity contribution is -0.150. The first kappa shape index (κ1) is 50.7. The van der Waals surface area contributed by atoms with E-state index in [0.717, 1.165) is 11.8 Å². The molecule has 9 atom stereocenters. The van der Waals surface area contributed by atoms with Crippen molar-refractivity contribution in [3.05, 3.63) is 36.0 Å². The van der Waals surface area contributed by atoms with Crippen molar-refractivity contribution < 1.29 is 78.6 Å². The summed E-state index contributed by atoms with van der Waals surface area (Å²) in [5.41, 5.74) is 6.61. The maximum atomic E-state index is 13.9. The molecule has 2 aromatic rings. The lowest BCUT2D eigenvalue weighted by Crippen LogP contribution is -2.62. The first-order valence-electron chi connectivity index (χ1n) is 19.7. The molecule has 15 N–H and O–H groups in total. The standard InChI is InChI=1S/C38H53N9O16/c1-17(31(55)44-25(13-29(53)54)37(61)47-11-5-8-27(47)38(62)63)41-34(58)24(12-19-14-40-22-7-4-3-6-20(19)22)43-35(59)26(16-49)45-36(60)30(18(2)50)46-33(57)23(9-10-28(51)52)42-32(56)21(39)15-48/h3-4,6-7,14,17-18,21,23-27,30,40,48-50H,5,8-13,15-16,39H2,1-2H3,(H,41,58)(H,42,56)(H,43,59)(H,44,55)(H,45,60)(H,46,57)(H,51,52)(H,53,54)(H,62,63)/t17-,18+,21-,23-,24-,25-,26-,27-,30-/m0/s1. The molecule has 63 heavy (non-hydrogen) atoms. The summed E-state index contributed by atoms with van der Waals surface area (Å²) in [5, 5.41) is 72.0. The number of aliphatic carboxylic acids is 3. The van der Waals surface area contributed by atoms with E-state index in [-0.39, 0.29) is 19.4 Å². The third-order valence-electron chi connectivity index (χ3n) is 9.99. The summed E-state index contributed by atoms with van der Waals surface area (Å²) in [4.78, 5) is 131. The molecule has 7 amide bonds. The monoisotopic (exact) mass is 891 g/mol. The molecule has 1 aliphatic heterocycles. The number of fused-ring (bicyclic) bond motifs is 1. The number of amides is 7. The number of nitrogens with one attached hydrogen (secondary N) is 7. The van der Waals surface area contributed by atoms with Crippen molar-refractivity contribution in [2.45, 2.75) is 107 Å². The zero-order valence-corrected chi connectivity index (χ0v) is 34.2. The zero-order valence-electron chi connectivity index (χ0n) is 34.2. The first-order valence-corrected chi connectivity index (χ1v) is 19.7. The molecule has 1 aliphatic rings. The molecule has 1 saturated heterocycles. The number of benzene rings is 1. The second-order valence-corrected chi connectivity index (χ2v) is 14.8. The van der Waals surface area contributed by atoms with E-state index in [0.29, 0.717) is 22.9 Å². The number of aliphatic hydroxyl groups is 3. The molecular formula is C38H53N9O16. The summed E-state index contributed by atoms with van der Waals surface area (Å²) < 4.78 is 0. The van der Waals surface area contributed by atoms with E-state index >= 15 is 0 Å². The van der Waals surface area contributed by atoms with Gasteiger partial charge in [0.05, 0.1) is 25.7 Å². The van der Waals surface area contributed by atoms with E-state index in [9.17, 15) is 73.5 Å². The van der Waals surface area contributed by atoms with Crippen molar-refractivity contribution in [3.8, 4) is 0 Å². The van der Waals surface area contributed by atoms with Crippen LogP contribution in [0.4, 0.5) is 0 Å². The van der Waals surface area contributed by atoms with Gasteiger partial charge in [0.1, 0.15) is 48.3 Å². The predicted molar refractivity (Wildman–Crippen MR) is 215 cm³/mol. The van der Waals surface area contributed by atoms with Crippen LogP contribution in [-0.4, -0.2) is 174 Å². The number of likely N-dealkylation sites (tertiary alicyclic amines) is 1. The van der Waals surface area contributed by atoms with E-state index < -0.39 is 146 Å². The van der Waals surface area contributed by atoms with E-state index in [1.54, 1.807) is 30.5 Å². The number of aliphatic hydroxyl groups excluding tert-OH is 3. The second kappa shape index (κ2) is 23.5. The summed E-state index contributed by atoms with van der Waals surface area (Å²) in [6.07, 6.45) is -2.03.